The van der Waals surface area contributed by atoms with Crippen LogP contribution < -0.4 is 15.4 Å². The zero-order valence-electron chi connectivity index (χ0n) is 13.6. The van der Waals surface area contributed by atoms with Crippen molar-refractivity contribution in [3.63, 3.8) is 0 Å². The Morgan fingerprint density at radius 3 is 2.64 bits per heavy atom. The highest BCUT2D eigenvalue weighted by atomic mass is 19.1. The van der Waals surface area contributed by atoms with Crippen molar-refractivity contribution in [3.8, 4) is 5.75 Å². The van der Waals surface area contributed by atoms with E-state index in [0.717, 1.165) is 0 Å². The number of halogens is 1. The number of amides is 2. The number of benzene rings is 1. The van der Waals surface area contributed by atoms with Crippen molar-refractivity contribution in [1.82, 2.24) is 10.6 Å². The van der Waals surface area contributed by atoms with Crippen LogP contribution in [-0.2, 0) is 6.54 Å². The predicted octanol–water partition coefficient (Wildman–Crippen LogP) is 2.43. The summed E-state index contributed by atoms with van der Waals surface area (Å²) in [6, 6.07) is 4.15. The van der Waals surface area contributed by atoms with Gasteiger partial charge >= 0.3 is 6.03 Å². The Morgan fingerprint density at radius 2 is 2.09 bits per heavy atom. The lowest BCUT2D eigenvalue weighted by molar-refractivity contribution is 0.0166. The van der Waals surface area contributed by atoms with Crippen LogP contribution in [0.25, 0.3) is 0 Å². The minimum absolute atomic E-state index is 0.0213. The Kier molecular flexibility index (Phi) is 6.61. The third-order valence-corrected chi connectivity index (χ3v) is 3.60. The molecule has 6 heteroatoms. The number of carbonyl (C=O) groups is 1. The van der Waals surface area contributed by atoms with Gasteiger partial charge in [-0.2, -0.15) is 0 Å². The quantitative estimate of drug-likeness (QED) is 0.724. The van der Waals surface area contributed by atoms with Crippen LogP contribution in [0.2, 0.25) is 0 Å². The molecule has 1 atom stereocenters. The third-order valence-electron chi connectivity index (χ3n) is 3.60. The summed E-state index contributed by atoms with van der Waals surface area (Å²) in [6.45, 7) is 7.94. The fourth-order valence-corrected chi connectivity index (χ4v) is 1.64. The maximum absolute atomic E-state index is 13.7. The van der Waals surface area contributed by atoms with Crippen molar-refractivity contribution in [2.24, 2.45) is 5.92 Å². The Hall–Kier alpha value is -1.82. The van der Waals surface area contributed by atoms with Crippen molar-refractivity contribution in [1.29, 1.82) is 0 Å². The lowest BCUT2D eigenvalue weighted by Gasteiger charge is -2.27. The minimum atomic E-state index is -0.970. The molecular formula is C16H25FN2O3. The molecule has 1 unspecified atom stereocenters. The van der Waals surface area contributed by atoms with E-state index >= 15 is 0 Å². The van der Waals surface area contributed by atoms with Gasteiger partial charge in [0.2, 0.25) is 0 Å². The number of carbonyl (C=O) groups excluding carboxylic acids is 1. The van der Waals surface area contributed by atoms with Crippen LogP contribution in [0.15, 0.2) is 18.2 Å². The van der Waals surface area contributed by atoms with Crippen LogP contribution in [-0.4, -0.2) is 29.9 Å². The second kappa shape index (κ2) is 7.98. The molecule has 0 aliphatic carbocycles. The fourth-order valence-electron chi connectivity index (χ4n) is 1.64. The van der Waals surface area contributed by atoms with Gasteiger partial charge in [0, 0.05) is 13.1 Å². The van der Waals surface area contributed by atoms with Gasteiger partial charge in [0.1, 0.15) is 0 Å². The molecule has 1 rings (SSSR count). The Labute approximate surface area is 130 Å². The molecule has 0 saturated heterocycles. The van der Waals surface area contributed by atoms with Crippen LogP contribution in [0.4, 0.5) is 9.18 Å². The highest BCUT2D eigenvalue weighted by molar-refractivity contribution is 5.73. The van der Waals surface area contributed by atoms with E-state index in [4.69, 9.17) is 4.74 Å². The molecule has 0 bridgehead atoms. The van der Waals surface area contributed by atoms with E-state index < -0.39 is 17.4 Å². The standard InChI is InChI=1S/C16H25FN2O3/c1-5-22-14-7-6-12(8-13(14)17)9-18-15(20)19-10-16(4,21)11(2)3/h6-8,11,21H,5,9-10H2,1-4H3,(H2,18,19,20). The monoisotopic (exact) mass is 312 g/mol. The number of aliphatic hydroxyl groups is 1. The van der Waals surface area contributed by atoms with Gasteiger partial charge in [-0.05, 0) is 37.5 Å². The van der Waals surface area contributed by atoms with E-state index in [1.54, 1.807) is 19.9 Å². The summed E-state index contributed by atoms with van der Waals surface area (Å²) in [5.41, 5.74) is -0.338. The second-order valence-electron chi connectivity index (χ2n) is 5.75. The first-order valence-electron chi connectivity index (χ1n) is 7.41. The number of rotatable bonds is 7. The molecule has 1 aromatic carbocycles. The van der Waals surface area contributed by atoms with Crippen LogP contribution in [0.1, 0.15) is 33.3 Å². The molecule has 0 aromatic heterocycles. The van der Waals surface area contributed by atoms with Gasteiger partial charge in [-0.1, -0.05) is 19.9 Å². The van der Waals surface area contributed by atoms with E-state index in [-0.39, 0.29) is 24.8 Å². The molecule has 2 amide bonds. The van der Waals surface area contributed by atoms with E-state index in [1.807, 2.05) is 13.8 Å². The van der Waals surface area contributed by atoms with Gasteiger partial charge in [-0.25, -0.2) is 9.18 Å². The van der Waals surface area contributed by atoms with Gasteiger partial charge in [0.05, 0.1) is 12.2 Å². The Morgan fingerprint density at radius 1 is 1.41 bits per heavy atom. The van der Waals surface area contributed by atoms with Crippen molar-refractivity contribution in [2.75, 3.05) is 13.2 Å². The molecular weight excluding hydrogens is 287 g/mol. The Bertz CT molecular complexity index is 504. The molecule has 0 aliphatic heterocycles. The second-order valence-corrected chi connectivity index (χ2v) is 5.75. The summed E-state index contributed by atoms with van der Waals surface area (Å²) in [7, 11) is 0. The first-order valence-corrected chi connectivity index (χ1v) is 7.41. The van der Waals surface area contributed by atoms with Gasteiger partial charge in [0.25, 0.3) is 0 Å². The van der Waals surface area contributed by atoms with E-state index in [2.05, 4.69) is 10.6 Å². The van der Waals surface area contributed by atoms with Crippen molar-refractivity contribution >= 4 is 6.03 Å². The lowest BCUT2D eigenvalue weighted by Crippen LogP contribution is -2.47. The minimum Gasteiger partial charge on any atom is -0.491 e. The Balaban J connectivity index is 2.46. The molecule has 0 radical (unpaired) electrons. The highest BCUT2D eigenvalue weighted by Gasteiger charge is 2.25. The zero-order chi connectivity index (χ0) is 16.8. The largest absolute Gasteiger partial charge is 0.491 e. The summed E-state index contributed by atoms with van der Waals surface area (Å²) < 4.78 is 18.8. The van der Waals surface area contributed by atoms with Gasteiger partial charge in [-0.15, -0.1) is 0 Å². The van der Waals surface area contributed by atoms with Crippen molar-refractivity contribution in [3.05, 3.63) is 29.6 Å². The van der Waals surface area contributed by atoms with E-state index in [0.29, 0.717) is 12.2 Å². The fraction of sp³-hybridized carbons (Fsp3) is 0.562. The van der Waals surface area contributed by atoms with Crippen LogP contribution in [0, 0.1) is 11.7 Å². The van der Waals surface area contributed by atoms with E-state index in [9.17, 15) is 14.3 Å². The predicted molar refractivity (Wildman–Crippen MR) is 83.3 cm³/mol. The molecule has 124 valence electrons. The average Bonchev–Trinajstić information content (AvgIpc) is 2.45. The van der Waals surface area contributed by atoms with Crippen molar-refractivity contribution < 1.29 is 19.0 Å². The maximum Gasteiger partial charge on any atom is 0.315 e. The van der Waals surface area contributed by atoms with Crippen LogP contribution in [0.5, 0.6) is 5.75 Å². The number of ether oxygens (including phenoxy) is 1. The number of urea groups is 1. The van der Waals surface area contributed by atoms with Gasteiger partial charge < -0.3 is 20.5 Å². The van der Waals surface area contributed by atoms with E-state index in [1.165, 1.54) is 12.1 Å². The number of hydrogen-bond acceptors (Lipinski definition) is 3. The molecule has 0 heterocycles. The molecule has 0 aliphatic rings. The zero-order valence-corrected chi connectivity index (χ0v) is 13.6. The summed E-state index contributed by atoms with van der Waals surface area (Å²) in [5.74, 6) is -0.235. The molecule has 1 aromatic rings. The summed E-state index contributed by atoms with van der Waals surface area (Å²) >= 11 is 0. The first-order chi connectivity index (χ1) is 10.3. The molecule has 5 nitrogen and oxygen atoms in total. The van der Waals surface area contributed by atoms with Crippen LogP contribution >= 0.6 is 0 Å². The number of nitrogens with one attached hydrogen (secondary N) is 2. The molecule has 0 saturated carbocycles. The smallest absolute Gasteiger partial charge is 0.315 e. The van der Waals surface area contributed by atoms with Gasteiger partial charge in [0.15, 0.2) is 11.6 Å². The maximum atomic E-state index is 13.7. The molecule has 0 spiro atoms. The topological polar surface area (TPSA) is 70.6 Å². The van der Waals surface area contributed by atoms with Crippen LogP contribution in [0.3, 0.4) is 0 Å². The normalized spacial score (nSPS) is 13.6. The average molecular weight is 312 g/mol. The molecule has 3 N–H and O–H groups in total. The first kappa shape index (κ1) is 18.2. The highest BCUT2D eigenvalue weighted by Crippen LogP contribution is 2.18. The summed E-state index contributed by atoms with van der Waals surface area (Å²) in [6.07, 6.45) is 0. The summed E-state index contributed by atoms with van der Waals surface area (Å²) in [4.78, 5) is 11.7. The summed E-state index contributed by atoms with van der Waals surface area (Å²) in [5, 5.41) is 15.3. The third kappa shape index (κ3) is 5.52. The van der Waals surface area contributed by atoms with Gasteiger partial charge in [-0.3, -0.25) is 0 Å². The molecule has 22 heavy (non-hydrogen) atoms. The number of hydrogen-bond donors (Lipinski definition) is 3. The SMILES string of the molecule is CCOc1ccc(CNC(=O)NCC(C)(O)C(C)C)cc1F. The van der Waals surface area contributed by atoms with Crippen molar-refractivity contribution in [2.45, 2.75) is 39.8 Å². The molecule has 0 fully saturated rings. The lowest BCUT2D eigenvalue weighted by atomic mass is 9.93.